The summed E-state index contributed by atoms with van der Waals surface area (Å²) in [5.74, 6) is 0.639. The van der Waals surface area contributed by atoms with E-state index in [2.05, 4.69) is 20.6 Å². The van der Waals surface area contributed by atoms with Crippen molar-refractivity contribution in [3.05, 3.63) is 53.9 Å². The molecule has 6 nitrogen and oxygen atoms in total. The number of hydrogen-bond acceptors (Lipinski definition) is 5. The van der Waals surface area contributed by atoms with E-state index in [-0.39, 0.29) is 18.2 Å². The molecule has 0 radical (unpaired) electrons. The van der Waals surface area contributed by atoms with Crippen molar-refractivity contribution >= 4 is 12.4 Å². The number of nitrogens with one attached hydrogen (secondary N) is 1. The number of aryl methyl sites for hydroxylation is 1. The molecule has 0 atom stereocenters. The van der Waals surface area contributed by atoms with Gasteiger partial charge in [-0.2, -0.15) is 10.1 Å². The molecule has 0 saturated carbocycles. The Kier molecular flexibility index (Phi) is 4.87. The van der Waals surface area contributed by atoms with Gasteiger partial charge in [0.15, 0.2) is 0 Å². The van der Waals surface area contributed by atoms with Gasteiger partial charge in [0.25, 0.3) is 5.89 Å². The topological polar surface area (TPSA) is 68.8 Å². The van der Waals surface area contributed by atoms with Crippen molar-refractivity contribution in [3.63, 3.8) is 0 Å². The molecule has 8 heteroatoms. The smallest absolute Gasteiger partial charge is 0.255 e. The summed E-state index contributed by atoms with van der Waals surface area (Å²) in [4.78, 5) is 4.57. The Hall–Kier alpha value is -2.25. The Bertz CT molecular complexity index is 843. The van der Waals surface area contributed by atoms with E-state index in [4.69, 9.17) is 4.52 Å². The van der Waals surface area contributed by atoms with Crippen molar-refractivity contribution in [1.29, 1.82) is 0 Å². The molecule has 1 N–H and O–H groups in total. The van der Waals surface area contributed by atoms with Gasteiger partial charge in [0, 0.05) is 18.0 Å². The van der Waals surface area contributed by atoms with Crippen molar-refractivity contribution < 1.29 is 8.91 Å². The molecular weight excluding hydrogens is 345 g/mol. The van der Waals surface area contributed by atoms with Gasteiger partial charge < -0.3 is 9.84 Å². The third-order valence-electron chi connectivity index (χ3n) is 4.63. The number of hydrogen-bond donors (Lipinski definition) is 1. The van der Waals surface area contributed by atoms with Crippen LogP contribution in [0.25, 0.3) is 11.4 Å². The number of benzene rings is 1. The van der Waals surface area contributed by atoms with Gasteiger partial charge in [-0.25, -0.2) is 4.39 Å². The predicted molar refractivity (Wildman–Crippen MR) is 93.1 cm³/mol. The van der Waals surface area contributed by atoms with Crippen molar-refractivity contribution in [2.24, 2.45) is 0 Å². The van der Waals surface area contributed by atoms with Gasteiger partial charge in [0.05, 0.1) is 0 Å². The highest BCUT2D eigenvalue weighted by atomic mass is 35.5. The van der Waals surface area contributed by atoms with E-state index in [0.717, 1.165) is 25.9 Å². The lowest BCUT2D eigenvalue weighted by molar-refractivity contribution is 0.172. The van der Waals surface area contributed by atoms with Crippen molar-refractivity contribution in [2.45, 2.75) is 25.3 Å². The van der Waals surface area contributed by atoms with Crippen LogP contribution in [0.15, 0.2) is 41.2 Å². The van der Waals surface area contributed by atoms with Gasteiger partial charge in [-0.05, 0) is 50.6 Å². The zero-order chi connectivity index (χ0) is 16.6. The highest BCUT2D eigenvalue weighted by Crippen LogP contribution is 2.34. The van der Waals surface area contributed by atoms with Crippen LogP contribution in [-0.4, -0.2) is 33.0 Å². The fourth-order valence-electron chi connectivity index (χ4n) is 3.17. The Labute approximate surface area is 150 Å². The number of nitrogens with zero attached hydrogens (tertiary/aromatic N) is 4. The lowest BCUT2D eigenvalue weighted by atomic mass is 9.88. The summed E-state index contributed by atoms with van der Waals surface area (Å²) in [6.07, 6.45) is 5.27. The third-order valence-corrected chi connectivity index (χ3v) is 4.63. The molecule has 1 fully saturated rings. The van der Waals surface area contributed by atoms with Crippen LogP contribution in [0.5, 0.6) is 0 Å². The van der Waals surface area contributed by atoms with Gasteiger partial charge >= 0.3 is 0 Å². The fraction of sp³-hybridized carbons (Fsp3) is 0.353. The second-order valence-corrected chi connectivity index (χ2v) is 6.12. The molecule has 132 valence electrons. The van der Waals surface area contributed by atoms with Gasteiger partial charge in [-0.15, -0.1) is 12.4 Å². The molecule has 2 aromatic heterocycles. The molecule has 0 aliphatic carbocycles. The standard InChI is InChI=1S/C17H18FN5O.ClH/c1-12-3-4-13(11-14(12)18)15-21-16(24-22-15)17(5-8-19-9-6-17)23-10-2-7-20-23;/h2-4,7,10-11,19H,5-6,8-9H2,1H3;1H. The summed E-state index contributed by atoms with van der Waals surface area (Å²) in [7, 11) is 0. The molecule has 3 aromatic rings. The quantitative estimate of drug-likeness (QED) is 0.774. The molecular formula is C17H19ClFN5O. The number of rotatable bonds is 3. The van der Waals surface area contributed by atoms with Gasteiger partial charge in [0.2, 0.25) is 5.82 Å². The Morgan fingerprint density at radius 3 is 2.76 bits per heavy atom. The van der Waals surface area contributed by atoms with E-state index in [1.807, 2.05) is 16.9 Å². The molecule has 0 spiro atoms. The van der Waals surface area contributed by atoms with Crippen molar-refractivity contribution in [2.75, 3.05) is 13.1 Å². The Morgan fingerprint density at radius 2 is 2.08 bits per heavy atom. The molecule has 1 saturated heterocycles. The van der Waals surface area contributed by atoms with Crippen LogP contribution in [0.1, 0.15) is 24.3 Å². The summed E-state index contributed by atoms with van der Waals surface area (Å²) in [5, 5.41) is 11.8. The number of piperidine rings is 1. The van der Waals surface area contributed by atoms with Gasteiger partial charge in [-0.1, -0.05) is 17.3 Å². The second kappa shape index (κ2) is 6.93. The highest BCUT2D eigenvalue weighted by molar-refractivity contribution is 5.85. The summed E-state index contributed by atoms with van der Waals surface area (Å²) >= 11 is 0. The van der Waals surface area contributed by atoms with E-state index >= 15 is 0 Å². The van der Waals surface area contributed by atoms with Gasteiger partial charge in [-0.3, -0.25) is 4.68 Å². The minimum atomic E-state index is -0.455. The van der Waals surface area contributed by atoms with Crippen LogP contribution < -0.4 is 5.32 Å². The summed E-state index contributed by atoms with van der Waals surface area (Å²) < 4.78 is 21.3. The van der Waals surface area contributed by atoms with Crippen LogP contribution in [0.2, 0.25) is 0 Å². The van der Waals surface area contributed by atoms with Crippen LogP contribution in [0.4, 0.5) is 4.39 Å². The molecule has 0 amide bonds. The maximum absolute atomic E-state index is 13.8. The average Bonchev–Trinajstić information content (AvgIpc) is 3.30. The second-order valence-electron chi connectivity index (χ2n) is 6.12. The van der Waals surface area contributed by atoms with Crippen LogP contribution in [0.3, 0.4) is 0 Å². The first-order valence-corrected chi connectivity index (χ1v) is 8.01. The molecule has 3 heterocycles. The molecule has 25 heavy (non-hydrogen) atoms. The van der Waals surface area contributed by atoms with E-state index in [1.54, 1.807) is 25.3 Å². The van der Waals surface area contributed by atoms with Crippen molar-refractivity contribution in [3.8, 4) is 11.4 Å². The van der Waals surface area contributed by atoms with Crippen LogP contribution in [0, 0.1) is 12.7 Å². The Morgan fingerprint density at radius 1 is 1.28 bits per heavy atom. The molecule has 0 unspecified atom stereocenters. The monoisotopic (exact) mass is 363 g/mol. The largest absolute Gasteiger partial charge is 0.336 e. The average molecular weight is 364 g/mol. The maximum atomic E-state index is 13.8. The van der Waals surface area contributed by atoms with Crippen LogP contribution >= 0.6 is 12.4 Å². The molecule has 1 aromatic carbocycles. The zero-order valence-corrected chi connectivity index (χ0v) is 14.6. The number of halogens is 2. The zero-order valence-electron chi connectivity index (χ0n) is 13.8. The summed E-state index contributed by atoms with van der Waals surface area (Å²) in [6.45, 7) is 3.41. The summed E-state index contributed by atoms with van der Waals surface area (Å²) in [6, 6.07) is 6.84. The normalized spacial score (nSPS) is 16.4. The van der Waals surface area contributed by atoms with E-state index in [1.165, 1.54) is 6.07 Å². The van der Waals surface area contributed by atoms with E-state index < -0.39 is 5.54 Å². The lowest BCUT2D eigenvalue weighted by Crippen LogP contribution is -2.45. The SMILES string of the molecule is Cc1ccc(-c2noc(C3(n4cccn4)CCNCC3)n2)cc1F.Cl. The van der Waals surface area contributed by atoms with Crippen molar-refractivity contribution in [1.82, 2.24) is 25.2 Å². The van der Waals surface area contributed by atoms with Crippen LogP contribution in [-0.2, 0) is 5.54 Å². The minimum absolute atomic E-state index is 0. The Balaban J connectivity index is 0.00000182. The molecule has 1 aliphatic rings. The number of aromatic nitrogens is 4. The summed E-state index contributed by atoms with van der Waals surface area (Å²) in [5.41, 5.74) is 0.745. The first-order valence-electron chi connectivity index (χ1n) is 8.01. The minimum Gasteiger partial charge on any atom is -0.336 e. The molecule has 0 bridgehead atoms. The first-order chi connectivity index (χ1) is 11.7. The third kappa shape index (κ3) is 3.05. The van der Waals surface area contributed by atoms with E-state index in [9.17, 15) is 4.39 Å². The highest BCUT2D eigenvalue weighted by Gasteiger charge is 2.41. The maximum Gasteiger partial charge on any atom is 0.255 e. The first kappa shape index (κ1) is 17.6. The van der Waals surface area contributed by atoms with E-state index in [0.29, 0.717) is 22.8 Å². The predicted octanol–water partition coefficient (Wildman–Crippen LogP) is 2.93. The van der Waals surface area contributed by atoms with Gasteiger partial charge in [0.1, 0.15) is 11.4 Å². The fourth-order valence-corrected chi connectivity index (χ4v) is 3.17. The lowest BCUT2D eigenvalue weighted by Gasteiger charge is -2.34. The molecule has 4 rings (SSSR count). The molecule has 1 aliphatic heterocycles.